The number of hydrogen-bond acceptors (Lipinski definition) is 8. The molecule has 2 heterocycles. The summed E-state index contributed by atoms with van der Waals surface area (Å²) in [6.45, 7) is 3.76. The lowest BCUT2D eigenvalue weighted by molar-refractivity contribution is -0.138. The summed E-state index contributed by atoms with van der Waals surface area (Å²) in [7, 11) is 0. The first kappa shape index (κ1) is 18.4. The van der Waals surface area contributed by atoms with Gasteiger partial charge in [0.2, 0.25) is 6.79 Å². The van der Waals surface area contributed by atoms with Crippen molar-refractivity contribution in [2.45, 2.75) is 39.0 Å². The maximum atomic E-state index is 12.9. The molecule has 8 heteroatoms. The summed E-state index contributed by atoms with van der Waals surface area (Å²) in [5.41, 5.74) is 4.89. The fourth-order valence-corrected chi connectivity index (χ4v) is 4.06. The number of nitrogens with one attached hydrogen (secondary N) is 2. The first-order valence-electron chi connectivity index (χ1n) is 9.28. The molecule has 0 amide bonds. The van der Waals surface area contributed by atoms with E-state index in [9.17, 15) is 14.8 Å². The van der Waals surface area contributed by atoms with Gasteiger partial charge in [-0.05, 0) is 38.3 Å². The van der Waals surface area contributed by atoms with Crippen LogP contribution in [0.15, 0.2) is 34.7 Å². The maximum absolute atomic E-state index is 12.9. The van der Waals surface area contributed by atoms with Crippen LogP contribution in [0.1, 0.15) is 44.6 Å². The lowest BCUT2D eigenvalue weighted by Crippen LogP contribution is -2.34. The van der Waals surface area contributed by atoms with Crippen molar-refractivity contribution in [3.63, 3.8) is 0 Å². The van der Waals surface area contributed by atoms with Crippen LogP contribution in [0.3, 0.4) is 0 Å². The lowest BCUT2D eigenvalue weighted by atomic mass is 9.74. The van der Waals surface area contributed by atoms with E-state index in [0.29, 0.717) is 46.7 Å². The van der Waals surface area contributed by atoms with Crippen molar-refractivity contribution in [1.29, 1.82) is 0 Å². The fraction of sp³-hybridized carbons (Fsp3) is 0.400. The van der Waals surface area contributed by atoms with E-state index in [4.69, 9.17) is 14.2 Å². The summed E-state index contributed by atoms with van der Waals surface area (Å²) in [6.07, 6.45) is 1.85. The molecule has 1 aliphatic carbocycles. The molecule has 0 fully saturated rings. The molecule has 0 radical (unpaired) electrons. The molecule has 1 atom stereocenters. The van der Waals surface area contributed by atoms with Crippen LogP contribution in [0, 0.1) is 5.21 Å². The normalized spacial score (nSPS) is 20.7. The highest BCUT2D eigenvalue weighted by molar-refractivity contribution is 6.04. The first-order chi connectivity index (χ1) is 13.5. The number of rotatable bonds is 4. The predicted octanol–water partition coefficient (Wildman–Crippen LogP) is 2.86. The standard InChI is InChI=1S/C20H21N2O6/c1-3-26-20(24)17-10(2)21-12-5-4-6-14(23)19(12)18(17)11-7-15-16(28-9-27-15)8-13(11)22-25/h7-8,18,21-22H,3-6,9H2,1-2H3/q-1. The summed E-state index contributed by atoms with van der Waals surface area (Å²) in [5, 5.41) is 14.9. The van der Waals surface area contributed by atoms with Crippen LogP contribution in [0.2, 0.25) is 0 Å². The second-order valence-electron chi connectivity index (χ2n) is 6.88. The average molecular weight is 385 g/mol. The minimum atomic E-state index is -0.714. The van der Waals surface area contributed by atoms with Gasteiger partial charge in [-0.15, -0.1) is 0 Å². The van der Waals surface area contributed by atoms with E-state index in [1.807, 2.05) is 5.48 Å². The third kappa shape index (κ3) is 2.90. The van der Waals surface area contributed by atoms with Crippen LogP contribution in [-0.2, 0) is 14.3 Å². The number of benzene rings is 1. The van der Waals surface area contributed by atoms with Gasteiger partial charge in [0.05, 0.1) is 18.1 Å². The van der Waals surface area contributed by atoms with Gasteiger partial charge in [-0.3, -0.25) is 4.79 Å². The number of anilines is 1. The molecule has 2 N–H and O–H groups in total. The van der Waals surface area contributed by atoms with E-state index in [-0.39, 0.29) is 24.9 Å². The summed E-state index contributed by atoms with van der Waals surface area (Å²) in [4.78, 5) is 25.6. The molecule has 148 valence electrons. The molecule has 0 aromatic heterocycles. The molecule has 0 saturated carbocycles. The van der Waals surface area contributed by atoms with Gasteiger partial charge in [-0.25, -0.2) is 4.79 Å². The monoisotopic (exact) mass is 385 g/mol. The number of dihydropyridines is 1. The molecule has 0 saturated heterocycles. The van der Waals surface area contributed by atoms with Gasteiger partial charge in [-0.2, -0.15) is 0 Å². The van der Waals surface area contributed by atoms with E-state index in [2.05, 4.69) is 5.32 Å². The largest absolute Gasteiger partial charge is 0.761 e. The molecule has 1 aromatic rings. The molecule has 0 bridgehead atoms. The molecule has 1 aromatic carbocycles. The van der Waals surface area contributed by atoms with Gasteiger partial charge in [-0.1, -0.05) is 0 Å². The van der Waals surface area contributed by atoms with E-state index in [0.717, 1.165) is 12.1 Å². The summed E-state index contributed by atoms with van der Waals surface area (Å²) in [6, 6.07) is 3.20. The van der Waals surface area contributed by atoms with Gasteiger partial charge in [0.15, 0.2) is 17.3 Å². The summed E-state index contributed by atoms with van der Waals surface area (Å²) < 4.78 is 16.1. The van der Waals surface area contributed by atoms with Crippen molar-refractivity contribution in [2.24, 2.45) is 0 Å². The van der Waals surface area contributed by atoms with Crippen LogP contribution in [0.25, 0.3) is 0 Å². The zero-order valence-electron chi connectivity index (χ0n) is 15.7. The molecule has 2 aliphatic heterocycles. The second kappa shape index (κ2) is 7.20. The minimum Gasteiger partial charge on any atom is -0.761 e. The average Bonchev–Trinajstić information content (AvgIpc) is 3.13. The quantitative estimate of drug-likeness (QED) is 0.602. The van der Waals surface area contributed by atoms with Gasteiger partial charge in [0, 0.05) is 35.1 Å². The SMILES string of the molecule is CCOC(=O)C1=C(C)NC2=C(C(=O)CCC2)C1c1cc2c(cc1N[O-])OCO2. The van der Waals surface area contributed by atoms with Crippen LogP contribution in [-0.4, -0.2) is 25.2 Å². The molecule has 28 heavy (non-hydrogen) atoms. The minimum absolute atomic E-state index is 0.0393. The first-order valence-corrected chi connectivity index (χ1v) is 9.28. The molecular formula is C20H21N2O6-. The van der Waals surface area contributed by atoms with E-state index < -0.39 is 11.9 Å². The van der Waals surface area contributed by atoms with Gasteiger partial charge in [0.25, 0.3) is 0 Å². The Hall–Kier alpha value is -3.00. The molecule has 4 rings (SSSR count). The molecule has 8 nitrogen and oxygen atoms in total. The topological polar surface area (TPSA) is 109 Å². The highest BCUT2D eigenvalue weighted by Crippen LogP contribution is 2.48. The Kier molecular flexibility index (Phi) is 4.72. The zero-order chi connectivity index (χ0) is 19.8. The van der Waals surface area contributed by atoms with Crippen LogP contribution in [0.5, 0.6) is 11.5 Å². The van der Waals surface area contributed by atoms with E-state index >= 15 is 0 Å². The number of Topliss-reactive ketones (excluding diaryl/α,β-unsaturated/α-hetero) is 1. The number of carbonyl (C=O) groups is 2. The van der Waals surface area contributed by atoms with Crippen LogP contribution < -0.4 is 20.3 Å². The number of ether oxygens (including phenoxy) is 3. The third-order valence-electron chi connectivity index (χ3n) is 5.24. The predicted molar refractivity (Wildman–Crippen MR) is 101 cm³/mol. The Morgan fingerprint density at radius 3 is 2.79 bits per heavy atom. The Morgan fingerprint density at radius 2 is 2.07 bits per heavy atom. The number of carbonyl (C=O) groups excluding carboxylic acids is 2. The van der Waals surface area contributed by atoms with Crippen molar-refractivity contribution in [3.8, 4) is 11.5 Å². The molecule has 0 spiro atoms. The van der Waals surface area contributed by atoms with Crippen LogP contribution in [0.4, 0.5) is 5.69 Å². The number of esters is 1. The third-order valence-corrected chi connectivity index (χ3v) is 5.24. The molecular weight excluding hydrogens is 364 g/mol. The van der Waals surface area contributed by atoms with Gasteiger partial charge < -0.3 is 30.2 Å². The summed E-state index contributed by atoms with van der Waals surface area (Å²) in [5.74, 6) is -0.356. The smallest absolute Gasteiger partial charge is 0.336 e. The second-order valence-corrected chi connectivity index (χ2v) is 6.88. The number of ketones is 1. The Labute approximate surface area is 162 Å². The number of allylic oxidation sites excluding steroid dienone is 3. The zero-order valence-corrected chi connectivity index (χ0v) is 15.7. The van der Waals surface area contributed by atoms with E-state index in [1.54, 1.807) is 26.0 Å². The molecule has 3 aliphatic rings. The number of fused-ring (bicyclic) bond motifs is 1. The van der Waals surface area contributed by atoms with Gasteiger partial charge >= 0.3 is 5.97 Å². The fourth-order valence-electron chi connectivity index (χ4n) is 4.06. The van der Waals surface area contributed by atoms with Crippen molar-refractivity contribution in [2.75, 3.05) is 18.9 Å². The Balaban J connectivity index is 1.93. The highest BCUT2D eigenvalue weighted by atomic mass is 16.7. The van der Waals surface area contributed by atoms with Crippen molar-refractivity contribution >= 4 is 17.4 Å². The Bertz CT molecular complexity index is 918. The van der Waals surface area contributed by atoms with Gasteiger partial charge in [0.1, 0.15) is 0 Å². The molecule has 1 unspecified atom stereocenters. The number of hydrogen-bond donors (Lipinski definition) is 2. The van der Waals surface area contributed by atoms with Crippen molar-refractivity contribution in [1.82, 2.24) is 5.32 Å². The lowest BCUT2D eigenvalue weighted by Gasteiger charge is -2.35. The van der Waals surface area contributed by atoms with Crippen molar-refractivity contribution in [3.05, 3.63) is 45.4 Å². The van der Waals surface area contributed by atoms with Crippen LogP contribution >= 0.6 is 0 Å². The Morgan fingerprint density at radius 1 is 1.32 bits per heavy atom. The maximum Gasteiger partial charge on any atom is 0.336 e. The van der Waals surface area contributed by atoms with Crippen molar-refractivity contribution < 1.29 is 23.8 Å². The summed E-state index contributed by atoms with van der Waals surface area (Å²) >= 11 is 0. The highest BCUT2D eigenvalue weighted by Gasteiger charge is 2.40. The van der Waals surface area contributed by atoms with E-state index in [1.165, 1.54) is 0 Å².